The zero-order valence-electron chi connectivity index (χ0n) is 22.7. The van der Waals surface area contributed by atoms with Gasteiger partial charge in [0.15, 0.2) is 0 Å². The molecule has 196 valence electrons. The predicted octanol–water partition coefficient (Wildman–Crippen LogP) is 4.20. The molecule has 0 aliphatic carbocycles. The standard InChI is InChI=1S/C22H39N3O4.C6H6/c1-14(2)17(13-15(3)21(28)29)25(8)20(27)18(22(4,5)6)23-19(26)16-11-9-10-12-24(16)7;1-2-4-6-5-3-1/h13-14,16-18H,9-12H2,1-8H3,(H,23,26)(H,28,29);1-6H/b15-13+;/t16?,17-,18-;/m1./s1. The van der Waals surface area contributed by atoms with Crippen LogP contribution in [0.4, 0.5) is 0 Å². The Bertz CT molecular complexity index is 819. The number of carboxylic acid groups (broad SMARTS) is 1. The lowest BCUT2D eigenvalue weighted by Gasteiger charge is -2.39. The van der Waals surface area contributed by atoms with Gasteiger partial charge >= 0.3 is 5.97 Å². The van der Waals surface area contributed by atoms with E-state index in [4.69, 9.17) is 0 Å². The molecule has 1 aliphatic heterocycles. The molecule has 1 heterocycles. The Balaban J connectivity index is 0.000000882. The number of likely N-dealkylation sites (N-methyl/N-ethyl adjacent to an activating group) is 2. The van der Waals surface area contributed by atoms with Crippen molar-refractivity contribution in [1.82, 2.24) is 15.1 Å². The number of aliphatic carboxylic acids is 1. The van der Waals surface area contributed by atoms with Crippen LogP contribution in [-0.4, -0.2) is 71.5 Å². The maximum absolute atomic E-state index is 13.4. The summed E-state index contributed by atoms with van der Waals surface area (Å²) in [4.78, 5) is 41.2. The molecule has 0 bridgehead atoms. The van der Waals surface area contributed by atoms with Crippen molar-refractivity contribution in [3.05, 3.63) is 48.0 Å². The number of nitrogens with one attached hydrogen (secondary N) is 1. The number of nitrogens with zero attached hydrogens (tertiary/aromatic N) is 2. The minimum atomic E-state index is -1.00. The molecule has 1 aliphatic rings. The van der Waals surface area contributed by atoms with E-state index in [0.29, 0.717) is 0 Å². The van der Waals surface area contributed by atoms with Crippen molar-refractivity contribution < 1.29 is 19.5 Å². The van der Waals surface area contributed by atoms with E-state index in [-0.39, 0.29) is 35.4 Å². The molecule has 2 rings (SSSR count). The maximum atomic E-state index is 13.4. The van der Waals surface area contributed by atoms with Gasteiger partial charge in [-0.1, -0.05) is 83.5 Å². The molecule has 7 heteroatoms. The Labute approximate surface area is 211 Å². The van der Waals surface area contributed by atoms with Crippen LogP contribution in [0.5, 0.6) is 0 Å². The normalized spacial score (nSPS) is 18.7. The number of carbonyl (C=O) groups excluding carboxylic acids is 2. The number of likely N-dealkylation sites (tertiary alicyclic amines) is 1. The maximum Gasteiger partial charge on any atom is 0.331 e. The lowest BCUT2D eigenvalue weighted by molar-refractivity contribution is -0.141. The molecule has 3 atom stereocenters. The molecule has 1 fully saturated rings. The highest BCUT2D eigenvalue weighted by atomic mass is 16.4. The van der Waals surface area contributed by atoms with Crippen LogP contribution in [-0.2, 0) is 14.4 Å². The van der Waals surface area contributed by atoms with E-state index in [1.54, 1.807) is 18.0 Å². The minimum Gasteiger partial charge on any atom is -0.478 e. The largest absolute Gasteiger partial charge is 0.478 e. The van der Waals surface area contributed by atoms with Crippen LogP contribution in [0.2, 0.25) is 0 Å². The minimum absolute atomic E-state index is 0.0269. The lowest BCUT2D eigenvalue weighted by Crippen LogP contribution is -2.59. The van der Waals surface area contributed by atoms with Crippen LogP contribution < -0.4 is 5.32 Å². The first-order chi connectivity index (χ1) is 16.3. The van der Waals surface area contributed by atoms with Gasteiger partial charge in [0.25, 0.3) is 0 Å². The average Bonchev–Trinajstić information content (AvgIpc) is 2.80. The number of benzene rings is 1. The number of carbonyl (C=O) groups is 3. The molecule has 7 nitrogen and oxygen atoms in total. The average molecular weight is 488 g/mol. The molecule has 2 N–H and O–H groups in total. The van der Waals surface area contributed by atoms with Crippen LogP contribution in [0.25, 0.3) is 0 Å². The highest BCUT2D eigenvalue weighted by Gasteiger charge is 2.39. The fourth-order valence-corrected chi connectivity index (χ4v) is 4.11. The number of piperidine rings is 1. The number of amides is 2. The van der Waals surface area contributed by atoms with E-state index < -0.39 is 17.4 Å². The number of hydrogen-bond acceptors (Lipinski definition) is 4. The van der Waals surface area contributed by atoms with Crippen LogP contribution in [0, 0.1) is 11.3 Å². The lowest BCUT2D eigenvalue weighted by atomic mass is 9.84. The summed E-state index contributed by atoms with van der Waals surface area (Å²) in [6.45, 7) is 12.1. The topological polar surface area (TPSA) is 90.0 Å². The smallest absolute Gasteiger partial charge is 0.331 e. The van der Waals surface area contributed by atoms with Gasteiger partial charge in [0.1, 0.15) is 6.04 Å². The second-order valence-corrected chi connectivity index (χ2v) is 10.8. The molecule has 0 saturated carbocycles. The summed E-state index contributed by atoms with van der Waals surface area (Å²) in [6, 6.07) is 10.7. The first-order valence-electron chi connectivity index (χ1n) is 12.5. The Kier molecular flexibility index (Phi) is 12.2. The van der Waals surface area contributed by atoms with Crippen molar-refractivity contribution in [2.75, 3.05) is 20.6 Å². The predicted molar refractivity (Wildman–Crippen MR) is 141 cm³/mol. The van der Waals surface area contributed by atoms with E-state index in [2.05, 4.69) is 5.32 Å². The van der Waals surface area contributed by atoms with Gasteiger partial charge in [-0.2, -0.15) is 0 Å². The number of carboxylic acids is 1. The quantitative estimate of drug-likeness (QED) is 0.563. The third-order valence-electron chi connectivity index (χ3n) is 6.38. The highest BCUT2D eigenvalue weighted by Crippen LogP contribution is 2.25. The molecule has 1 aromatic carbocycles. The highest BCUT2D eigenvalue weighted by molar-refractivity contribution is 5.91. The van der Waals surface area contributed by atoms with Gasteiger partial charge in [0.05, 0.1) is 12.1 Å². The third-order valence-corrected chi connectivity index (χ3v) is 6.38. The summed E-state index contributed by atoms with van der Waals surface area (Å²) in [6.07, 6.45) is 4.49. The molecule has 35 heavy (non-hydrogen) atoms. The summed E-state index contributed by atoms with van der Waals surface area (Å²) >= 11 is 0. The number of hydrogen-bond donors (Lipinski definition) is 2. The van der Waals surface area contributed by atoms with Crippen LogP contribution in [0.15, 0.2) is 48.0 Å². The second-order valence-electron chi connectivity index (χ2n) is 10.8. The van der Waals surface area contributed by atoms with E-state index in [1.165, 1.54) is 6.92 Å². The molecule has 1 aromatic rings. The first kappa shape index (κ1) is 30.4. The third kappa shape index (κ3) is 9.84. The Morgan fingerprint density at radius 3 is 1.97 bits per heavy atom. The van der Waals surface area contributed by atoms with Gasteiger partial charge in [-0.25, -0.2) is 4.79 Å². The van der Waals surface area contributed by atoms with E-state index in [1.807, 2.05) is 83.0 Å². The SMILES string of the molecule is C/C(=C\[C@H](C(C)C)N(C)C(=O)[C@@H](NC(=O)C1CCCCN1C)C(C)(C)C)C(=O)O.c1ccccc1. The van der Waals surface area contributed by atoms with Gasteiger partial charge in [-0.05, 0) is 44.7 Å². The first-order valence-corrected chi connectivity index (χ1v) is 12.5. The number of rotatable bonds is 7. The summed E-state index contributed by atoms with van der Waals surface area (Å²) in [5.74, 6) is -1.30. The zero-order valence-corrected chi connectivity index (χ0v) is 22.7. The summed E-state index contributed by atoms with van der Waals surface area (Å²) < 4.78 is 0. The van der Waals surface area contributed by atoms with E-state index in [9.17, 15) is 19.5 Å². The Hall–Kier alpha value is -2.67. The molecule has 1 saturated heterocycles. The van der Waals surface area contributed by atoms with Crippen molar-refractivity contribution in [2.24, 2.45) is 11.3 Å². The monoisotopic (exact) mass is 487 g/mol. The van der Waals surface area contributed by atoms with Gasteiger partial charge in [0, 0.05) is 12.6 Å². The molecule has 0 radical (unpaired) electrons. The van der Waals surface area contributed by atoms with Crippen molar-refractivity contribution in [3.8, 4) is 0 Å². The summed E-state index contributed by atoms with van der Waals surface area (Å²) in [5.41, 5.74) is -0.287. The van der Waals surface area contributed by atoms with Gasteiger partial charge in [-0.15, -0.1) is 0 Å². The second kappa shape index (κ2) is 14.0. The summed E-state index contributed by atoms with van der Waals surface area (Å²) in [7, 11) is 3.62. The Morgan fingerprint density at radius 1 is 1.06 bits per heavy atom. The van der Waals surface area contributed by atoms with Crippen LogP contribution in [0.3, 0.4) is 0 Å². The van der Waals surface area contributed by atoms with Crippen molar-refractivity contribution in [3.63, 3.8) is 0 Å². The molecule has 0 aromatic heterocycles. The molecular weight excluding hydrogens is 442 g/mol. The van der Waals surface area contributed by atoms with Crippen molar-refractivity contribution in [1.29, 1.82) is 0 Å². The van der Waals surface area contributed by atoms with Crippen molar-refractivity contribution in [2.45, 2.75) is 78.9 Å². The van der Waals surface area contributed by atoms with Gasteiger partial charge in [0.2, 0.25) is 11.8 Å². The molecular formula is C28H45N3O4. The summed E-state index contributed by atoms with van der Waals surface area (Å²) in [5, 5.41) is 12.2. The van der Waals surface area contributed by atoms with E-state index in [0.717, 1.165) is 25.8 Å². The van der Waals surface area contributed by atoms with Crippen molar-refractivity contribution >= 4 is 17.8 Å². The fraction of sp³-hybridized carbons (Fsp3) is 0.607. The van der Waals surface area contributed by atoms with E-state index >= 15 is 0 Å². The van der Waals surface area contributed by atoms with Crippen LogP contribution in [0.1, 0.15) is 60.8 Å². The van der Waals surface area contributed by atoms with Gasteiger partial charge in [-0.3, -0.25) is 14.5 Å². The Morgan fingerprint density at radius 2 is 1.57 bits per heavy atom. The molecule has 1 unspecified atom stereocenters. The molecule has 0 spiro atoms. The van der Waals surface area contributed by atoms with Gasteiger partial charge < -0.3 is 15.3 Å². The zero-order chi connectivity index (χ0) is 26.8. The van der Waals surface area contributed by atoms with Crippen LogP contribution >= 0.6 is 0 Å². The fourth-order valence-electron chi connectivity index (χ4n) is 4.11. The molecule has 2 amide bonds.